The molecule has 3 N–H and O–H groups in total. The number of nitrogens with two attached hydrogens (primary N) is 1. The smallest absolute Gasteiger partial charge is 0.223 e. The zero-order chi connectivity index (χ0) is 15.5. The van der Waals surface area contributed by atoms with Crippen LogP contribution in [-0.2, 0) is 17.6 Å². The number of halogens is 1. The molecule has 128 valence electrons. The number of benzene rings is 1. The van der Waals surface area contributed by atoms with Crippen LogP contribution in [0, 0.1) is 5.92 Å². The SMILES string of the molecule is CC(NC(=O)C1CCCC(N)C1)c1ccc2c(c1)CCCC2.Cl. The van der Waals surface area contributed by atoms with Crippen molar-refractivity contribution in [3.63, 3.8) is 0 Å². The van der Waals surface area contributed by atoms with Crippen molar-refractivity contribution in [2.75, 3.05) is 0 Å². The van der Waals surface area contributed by atoms with E-state index in [-0.39, 0.29) is 36.3 Å². The molecule has 1 aromatic carbocycles. The van der Waals surface area contributed by atoms with Gasteiger partial charge in [0.05, 0.1) is 6.04 Å². The topological polar surface area (TPSA) is 55.1 Å². The molecule has 3 nitrogen and oxygen atoms in total. The van der Waals surface area contributed by atoms with Crippen molar-refractivity contribution in [3.8, 4) is 0 Å². The van der Waals surface area contributed by atoms with Crippen LogP contribution in [0.15, 0.2) is 18.2 Å². The number of nitrogens with one attached hydrogen (secondary N) is 1. The maximum atomic E-state index is 12.4. The summed E-state index contributed by atoms with van der Waals surface area (Å²) in [5.41, 5.74) is 10.2. The first kappa shape index (κ1) is 18.3. The summed E-state index contributed by atoms with van der Waals surface area (Å²) >= 11 is 0. The molecular weight excluding hydrogens is 308 g/mol. The lowest BCUT2D eigenvalue weighted by Crippen LogP contribution is -2.38. The standard InChI is InChI=1S/C19H28N2O.ClH/c1-13(21-19(22)17-7-4-8-18(20)12-17)15-10-9-14-5-2-3-6-16(14)11-15;/h9-11,13,17-18H,2-8,12,20H2,1H3,(H,21,22);1H. The van der Waals surface area contributed by atoms with Crippen molar-refractivity contribution in [1.82, 2.24) is 5.32 Å². The van der Waals surface area contributed by atoms with Gasteiger partial charge in [-0.1, -0.05) is 24.6 Å². The number of amides is 1. The first-order valence-corrected chi connectivity index (χ1v) is 8.81. The van der Waals surface area contributed by atoms with E-state index in [2.05, 4.69) is 30.4 Å². The lowest BCUT2D eigenvalue weighted by Gasteiger charge is -2.27. The Hall–Kier alpha value is -1.06. The van der Waals surface area contributed by atoms with Crippen molar-refractivity contribution in [3.05, 3.63) is 34.9 Å². The fourth-order valence-corrected chi connectivity index (χ4v) is 3.90. The van der Waals surface area contributed by atoms with Crippen LogP contribution in [0.3, 0.4) is 0 Å². The zero-order valence-electron chi connectivity index (χ0n) is 14.0. The number of carbonyl (C=O) groups excluding carboxylic acids is 1. The van der Waals surface area contributed by atoms with Gasteiger partial charge in [-0.15, -0.1) is 12.4 Å². The number of hydrogen-bond donors (Lipinski definition) is 2. The highest BCUT2D eigenvalue weighted by molar-refractivity contribution is 5.85. The maximum Gasteiger partial charge on any atom is 0.223 e. The van der Waals surface area contributed by atoms with E-state index in [0.717, 1.165) is 25.7 Å². The van der Waals surface area contributed by atoms with Gasteiger partial charge in [0, 0.05) is 12.0 Å². The molecule has 2 aliphatic carbocycles. The molecule has 0 heterocycles. The summed E-state index contributed by atoms with van der Waals surface area (Å²) in [4.78, 5) is 12.4. The highest BCUT2D eigenvalue weighted by atomic mass is 35.5. The van der Waals surface area contributed by atoms with E-state index in [4.69, 9.17) is 5.73 Å². The minimum atomic E-state index is 0. The Morgan fingerprint density at radius 2 is 1.91 bits per heavy atom. The maximum absolute atomic E-state index is 12.4. The van der Waals surface area contributed by atoms with Crippen molar-refractivity contribution in [2.24, 2.45) is 11.7 Å². The Morgan fingerprint density at radius 3 is 2.65 bits per heavy atom. The Morgan fingerprint density at radius 1 is 1.17 bits per heavy atom. The van der Waals surface area contributed by atoms with Gasteiger partial charge in [0.1, 0.15) is 0 Å². The fourth-order valence-electron chi connectivity index (χ4n) is 3.90. The van der Waals surface area contributed by atoms with Crippen LogP contribution in [0.25, 0.3) is 0 Å². The van der Waals surface area contributed by atoms with E-state index >= 15 is 0 Å². The lowest BCUT2D eigenvalue weighted by molar-refractivity contribution is -0.126. The second-order valence-electron chi connectivity index (χ2n) is 7.09. The van der Waals surface area contributed by atoms with E-state index in [0.29, 0.717) is 0 Å². The van der Waals surface area contributed by atoms with Gasteiger partial charge >= 0.3 is 0 Å². The summed E-state index contributed by atoms with van der Waals surface area (Å²) in [5, 5.41) is 3.20. The van der Waals surface area contributed by atoms with Crippen molar-refractivity contribution in [2.45, 2.75) is 70.4 Å². The third-order valence-electron chi connectivity index (χ3n) is 5.32. The van der Waals surface area contributed by atoms with Gasteiger partial charge in [0.15, 0.2) is 0 Å². The van der Waals surface area contributed by atoms with Gasteiger partial charge in [-0.2, -0.15) is 0 Å². The normalized spacial score (nSPS) is 25.0. The van der Waals surface area contributed by atoms with Gasteiger partial charge in [-0.3, -0.25) is 4.79 Å². The van der Waals surface area contributed by atoms with Crippen LogP contribution >= 0.6 is 12.4 Å². The van der Waals surface area contributed by atoms with Gasteiger partial charge in [-0.05, 0) is 68.6 Å². The molecule has 3 unspecified atom stereocenters. The largest absolute Gasteiger partial charge is 0.349 e. The minimum absolute atomic E-state index is 0. The molecule has 0 saturated heterocycles. The average molecular weight is 337 g/mol. The van der Waals surface area contributed by atoms with Gasteiger partial charge < -0.3 is 11.1 Å². The van der Waals surface area contributed by atoms with Crippen LogP contribution in [-0.4, -0.2) is 11.9 Å². The Kier molecular flexibility index (Phi) is 6.49. The second-order valence-corrected chi connectivity index (χ2v) is 7.09. The molecule has 0 aliphatic heterocycles. The average Bonchev–Trinajstić information content (AvgIpc) is 2.54. The number of carbonyl (C=O) groups is 1. The molecule has 1 fully saturated rings. The third kappa shape index (κ3) is 4.48. The molecule has 3 rings (SSSR count). The summed E-state index contributed by atoms with van der Waals surface area (Å²) in [5.74, 6) is 0.282. The summed E-state index contributed by atoms with van der Waals surface area (Å²) in [6.45, 7) is 2.09. The minimum Gasteiger partial charge on any atom is -0.349 e. The fraction of sp³-hybridized carbons (Fsp3) is 0.632. The Bertz CT molecular complexity index is 546. The quantitative estimate of drug-likeness (QED) is 0.884. The lowest BCUT2D eigenvalue weighted by atomic mass is 9.85. The van der Waals surface area contributed by atoms with E-state index in [1.54, 1.807) is 0 Å². The molecular formula is C19H29ClN2O. The zero-order valence-corrected chi connectivity index (χ0v) is 14.8. The van der Waals surface area contributed by atoms with Crippen molar-refractivity contribution < 1.29 is 4.79 Å². The number of aryl methyl sites for hydroxylation is 2. The molecule has 1 amide bonds. The van der Waals surface area contributed by atoms with Crippen molar-refractivity contribution in [1.29, 1.82) is 0 Å². The highest BCUT2D eigenvalue weighted by Gasteiger charge is 2.26. The van der Waals surface area contributed by atoms with E-state index in [1.165, 1.54) is 42.4 Å². The van der Waals surface area contributed by atoms with Crippen LogP contribution in [0.2, 0.25) is 0 Å². The van der Waals surface area contributed by atoms with Gasteiger partial charge in [0.2, 0.25) is 5.91 Å². The Balaban J connectivity index is 0.00000192. The summed E-state index contributed by atoms with van der Waals surface area (Å²) in [7, 11) is 0. The molecule has 3 atom stereocenters. The molecule has 0 spiro atoms. The highest BCUT2D eigenvalue weighted by Crippen LogP contribution is 2.27. The molecule has 0 bridgehead atoms. The molecule has 4 heteroatoms. The second kappa shape index (κ2) is 8.16. The van der Waals surface area contributed by atoms with Crippen LogP contribution in [0.1, 0.15) is 68.2 Å². The first-order chi connectivity index (χ1) is 10.6. The predicted octanol–water partition coefficient (Wildman–Crippen LogP) is 3.68. The predicted molar refractivity (Wildman–Crippen MR) is 96.8 cm³/mol. The van der Waals surface area contributed by atoms with E-state index in [1.807, 2.05) is 0 Å². The Labute approximate surface area is 145 Å². The van der Waals surface area contributed by atoms with Crippen LogP contribution in [0.4, 0.5) is 0 Å². The summed E-state index contributed by atoms with van der Waals surface area (Å²) < 4.78 is 0. The number of fused-ring (bicyclic) bond motifs is 1. The van der Waals surface area contributed by atoms with Crippen molar-refractivity contribution >= 4 is 18.3 Å². The van der Waals surface area contributed by atoms with Gasteiger partial charge in [-0.25, -0.2) is 0 Å². The molecule has 0 aromatic heterocycles. The first-order valence-electron chi connectivity index (χ1n) is 8.81. The van der Waals surface area contributed by atoms with E-state index < -0.39 is 0 Å². The number of hydrogen-bond acceptors (Lipinski definition) is 2. The molecule has 2 aliphatic rings. The monoisotopic (exact) mass is 336 g/mol. The van der Waals surface area contributed by atoms with Gasteiger partial charge in [0.25, 0.3) is 0 Å². The molecule has 0 radical (unpaired) electrons. The van der Waals surface area contributed by atoms with Crippen LogP contribution in [0.5, 0.6) is 0 Å². The summed E-state index contributed by atoms with van der Waals surface area (Å²) in [6, 6.07) is 7.01. The third-order valence-corrected chi connectivity index (χ3v) is 5.32. The number of rotatable bonds is 3. The molecule has 1 aromatic rings. The summed E-state index contributed by atoms with van der Waals surface area (Å²) in [6.07, 6.45) is 8.94. The van der Waals surface area contributed by atoms with Crippen LogP contribution < -0.4 is 11.1 Å². The molecule has 1 saturated carbocycles. The molecule has 23 heavy (non-hydrogen) atoms. The van der Waals surface area contributed by atoms with E-state index in [9.17, 15) is 4.79 Å².